The predicted octanol–water partition coefficient (Wildman–Crippen LogP) is 3.06. The molecule has 0 bridgehead atoms. The minimum Gasteiger partial charge on any atom is -0.481 e. The first kappa shape index (κ1) is 11.8. The summed E-state index contributed by atoms with van der Waals surface area (Å²) in [4.78, 5) is 15.2. The van der Waals surface area contributed by atoms with E-state index in [2.05, 4.69) is 4.98 Å². The fourth-order valence-corrected chi connectivity index (χ4v) is 2.58. The van der Waals surface area contributed by atoms with Crippen LogP contribution in [-0.4, -0.2) is 16.1 Å². The number of hydrogen-bond donors (Lipinski definition) is 1. The molecule has 1 atom stereocenters. The summed E-state index contributed by atoms with van der Waals surface area (Å²) in [6.45, 7) is 2.00. The van der Waals surface area contributed by atoms with Crippen molar-refractivity contribution >= 4 is 17.3 Å². The van der Waals surface area contributed by atoms with Crippen molar-refractivity contribution in [1.82, 2.24) is 4.98 Å². The highest BCUT2D eigenvalue weighted by atomic mass is 32.1. The molecule has 0 saturated heterocycles. The Morgan fingerprint density at radius 1 is 1.53 bits per heavy atom. The molecule has 0 aliphatic rings. The van der Waals surface area contributed by atoms with Gasteiger partial charge in [-0.3, -0.25) is 4.79 Å². The first-order chi connectivity index (χ1) is 8.16. The first-order valence-electron chi connectivity index (χ1n) is 5.34. The molecule has 17 heavy (non-hydrogen) atoms. The van der Waals surface area contributed by atoms with Crippen LogP contribution in [0, 0.1) is 6.92 Å². The van der Waals surface area contributed by atoms with Crippen LogP contribution in [0.15, 0.2) is 35.8 Å². The van der Waals surface area contributed by atoms with Gasteiger partial charge in [-0.15, -0.1) is 11.3 Å². The van der Waals surface area contributed by atoms with Crippen molar-refractivity contribution in [3.05, 3.63) is 52.0 Å². The summed E-state index contributed by atoms with van der Waals surface area (Å²) < 4.78 is 0. The molecule has 0 saturated carbocycles. The molecule has 2 rings (SSSR count). The van der Waals surface area contributed by atoms with Crippen molar-refractivity contribution in [3.8, 4) is 0 Å². The molecule has 2 aromatic rings. The van der Waals surface area contributed by atoms with Gasteiger partial charge in [0.25, 0.3) is 0 Å². The Morgan fingerprint density at radius 2 is 2.35 bits per heavy atom. The van der Waals surface area contributed by atoms with Crippen molar-refractivity contribution in [1.29, 1.82) is 0 Å². The first-order valence-corrected chi connectivity index (χ1v) is 6.22. The largest absolute Gasteiger partial charge is 0.481 e. The third kappa shape index (κ3) is 2.91. The van der Waals surface area contributed by atoms with E-state index in [9.17, 15) is 4.79 Å². The molecule has 1 aromatic carbocycles. The number of carboxylic acid groups (broad SMARTS) is 1. The van der Waals surface area contributed by atoms with E-state index in [4.69, 9.17) is 5.11 Å². The fraction of sp³-hybridized carbons (Fsp3) is 0.231. The molecular weight excluding hydrogens is 234 g/mol. The highest BCUT2D eigenvalue weighted by Crippen LogP contribution is 2.29. The zero-order chi connectivity index (χ0) is 12.3. The van der Waals surface area contributed by atoms with Gasteiger partial charge in [0.1, 0.15) is 5.01 Å². The molecule has 0 aliphatic carbocycles. The summed E-state index contributed by atoms with van der Waals surface area (Å²) in [5.41, 5.74) is 2.15. The van der Waals surface area contributed by atoms with E-state index in [1.54, 1.807) is 6.20 Å². The zero-order valence-corrected chi connectivity index (χ0v) is 10.3. The Bertz CT molecular complexity index is 508. The monoisotopic (exact) mass is 247 g/mol. The minimum atomic E-state index is -0.799. The van der Waals surface area contributed by atoms with Gasteiger partial charge in [0.15, 0.2) is 0 Å². The number of nitrogens with zero attached hydrogens (tertiary/aromatic N) is 1. The minimum absolute atomic E-state index is 0.0803. The molecule has 0 radical (unpaired) electrons. The smallest absolute Gasteiger partial charge is 0.304 e. The number of carboxylic acids is 1. The number of benzene rings is 1. The van der Waals surface area contributed by atoms with Crippen LogP contribution >= 0.6 is 11.3 Å². The number of aliphatic carboxylic acids is 1. The lowest BCUT2D eigenvalue weighted by Gasteiger charge is -2.13. The van der Waals surface area contributed by atoms with E-state index >= 15 is 0 Å². The third-order valence-corrected chi connectivity index (χ3v) is 3.46. The molecule has 4 heteroatoms. The van der Waals surface area contributed by atoms with Crippen LogP contribution in [0.1, 0.15) is 28.5 Å². The van der Waals surface area contributed by atoms with Crippen LogP contribution < -0.4 is 0 Å². The summed E-state index contributed by atoms with van der Waals surface area (Å²) in [6, 6.07) is 7.94. The van der Waals surface area contributed by atoms with Gasteiger partial charge in [-0.05, 0) is 12.5 Å². The van der Waals surface area contributed by atoms with Gasteiger partial charge < -0.3 is 5.11 Å². The van der Waals surface area contributed by atoms with Crippen molar-refractivity contribution in [2.75, 3.05) is 0 Å². The Balaban J connectivity index is 2.36. The second kappa shape index (κ2) is 5.10. The van der Waals surface area contributed by atoms with Gasteiger partial charge in [-0.1, -0.05) is 29.8 Å². The molecule has 88 valence electrons. The van der Waals surface area contributed by atoms with Crippen molar-refractivity contribution in [2.24, 2.45) is 0 Å². The van der Waals surface area contributed by atoms with Gasteiger partial charge in [-0.25, -0.2) is 4.98 Å². The number of rotatable bonds is 4. The van der Waals surface area contributed by atoms with E-state index in [0.29, 0.717) is 0 Å². The average Bonchev–Trinajstić information content (AvgIpc) is 2.79. The summed E-state index contributed by atoms with van der Waals surface area (Å²) in [5.74, 6) is -0.945. The standard InChI is InChI=1S/C13H13NO2S/c1-9-3-2-4-10(7-9)11(8-12(15)16)13-14-5-6-17-13/h2-7,11H,8H2,1H3,(H,15,16). The molecule has 0 amide bonds. The van der Waals surface area contributed by atoms with Crippen LogP contribution in [0.4, 0.5) is 0 Å². The van der Waals surface area contributed by atoms with E-state index < -0.39 is 5.97 Å². The van der Waals surface area contributed by atoms with Gasteiger partial charge in [0.05, 0.1) is 6.42 Å². The second-order valence-corrected chi connectivity index (χ2v) is 4.86. The van der Waals surface area contributed by atoms with E-state index in [0.717, 1.165) is 16.1 Å². The van der Waals surface area contributed by atoms with Gasteiger partial charge >= 0.3 is 5.97 Å². The van der Waals surface area contributed by atoms with Crippen molar-refractivity contribution < 1.29 is 9.90 Å². The number of thiazole rings is 1. The normalized spacial score (nSPS) is 12.3. The quantitative estimate of drug-likeness (QED) is 0.903. The lowest BCUT2D eigenvalue weighted by Crippen LogP contribution is -2.07. The lowest BCUT2D eigenvalue weighted by atomic mass is 9.95. The van der Waals surface area contributed by atoms with E-state index in [1.165, 1.54) is 11.3 Å². The summed E-state index contributed by atoms with van der Waals surface area (Å²) in [7, 11) is 0. The maximum Gasteiger partial charge on any atom is 0.304 e. The average molecular weight is 247 g/mol. The molecule has 0 aliphatic heterocycles. The third-order valence-electron chi connectivity index (χ3n) is 2.57. The van der Waals surface area contributed by atoms with Crippen molar-refractivity contribution in [2.45, 2.75) is 19.3 Å². The highest BCUT2D eigenvalue weighted by molar-refractivity contribution is 7.09. The summed E-state index contributed by atoms with van der Waals surface area (Å²) >= 11 is 1.50. The van der Waals surface area contributed by atoms with E-state index in [-0.39, 0.29) is 12.3 Å². The predicted molar refractivity (Wildman–Crippen MR) is 67.4 cm³/mol. The number of aromatic nitrogens is 1. The Morgan fingerprint density at radius 3 is 2.94 bits per heavy atom. The van der Waals surface area contributed by atoms with Gasteiger partial charge in [-0.2, -0.15) is 0 Å². The topological polar surface area (TPSA) is 50.2 Å². The Hall–Kier alpha value is -1.68. The summed E-state index contributed by atoms with van der Waals surface area (Å²) in [5, 5.41) is 11.7. The maximum absolute atomic E-state index is 10.9. The molecule has 1 aromatic heterocycles. The van der Waals surface area contributed by atoms with Crippen LogP contribution in [0.25, 0.3) is 0 Å². The zero-order valence-electron chi connectivity index (χ0n) is 9.46. The molecule has 0 spiro atoms. The SMILES string of the molecule is Cc1cccc(C(CC(=O)O)c2nccs2)c1. The molecule has 1 heterocycles. The summed E-state index contributed by atoms with van der Waals surface area (Å²) in [6.07, 6.45) is 1.79. The number of carbonyl (C=O) groups is 1. The molecule has 1 N–H and O–H groups in total. The maximum atomic E-state index is 10.9. The molecule has 3 nitrogen and oxygen atoms in total. The highest BCUT2D eigenvalue weighted by Gasteiger charge is 2.20. The molecular formula is C13H13NO2S. The van der Waals surface area contributed by atoms with E-state index in [1.807, 2.05) is 36.6 Å². The van der Waals surface area contributed by atoms with Crippen LogP contribution in [0.3, 0.4) is 0 Å². The Labute approximate surface area is 104 Å². The second-order valence-electron chi connectivity index (χ2n) is 3.93. The molecule has 0 fully saturated rings. The number of hydrogen-bond acceptors (Lipinski definition) is 3. The van der Waals surface area contributed by atoms with Crippen LogP contribution in [-0.2, 0) is 4.79 Å². The van der Waals surface area contributed by atoms with Crippen LogP contribution in [0.2, 0.25) is 0 Å². The van der Waals surface area contributed by atoms with Crippen LogP contribution in [0.5, 0.6) is 0 Å². The lowest BCUT2D eigenvalue weighted by molar-refractivity contribution is -0.137. The molecule has 1 unspecified atom stereocenters. The van der Waals surface area contributed by atoms with Gasteiger partial charge in [0, 0.05) is 17.5 Å². The number of aryl methyl sites for hydroxylation is 1. The Kier molecular flexibility index (Phi) is 3.54. The fourth-order valence-electron chi connectivity index (χ4n) is 1.82. The van der Waals surface area contributed by atoms with Crippen molar-refractivity contribution in [3.63, 3.8) is 0 Å². The van der Waals surface area contributed by atoms with Gasteiger partial charge in [0.2, 0.25) is 0 Å².